The van der Waals surface area contributed by atoms with Gasteiger partial charge >= 0.3 is 5.97 Å². The Labute approximate surface area is 93.0 Å². The van der Waals surface area contributed by atoms with Crippen molar-refractivity contribution in [1.29, 1.82) is 0 Å². The van der Waals surface area contributed by atoms with Crippen molar-refractivity contribution in [2.75, 3.05) is 0 Å². The molecular weight excluding hydrogens is 210 g/mol. The van der Waals surface area contributed by atoms with Gasteiger partial charge in [0.05, 0.1) is 6.42 Å². The van der Waals surface area contributed by atoms with Crippen LogP contribution in [0.15, 0.2) is 18.2 Å². The Morgan fingerprint density at radius 2 is 2.12 bits per heavy atom. The van der Waals surface area contributed by atoms with E-state index >= 15 is 0 Å². The van der Waals surface area contributed by atoms with Crippen LogP contribution in [0, 0.1) is 6.92 Å². The molecule has 0 unspecified atom stereocenters. The van der Waals surface area contributed by atoms with E-state index in [1.54, 1.807) is 18.2 Å². The van der Waals surface area contributed by atoms with Gasteiger partial charge in [0.2, 0.25) is 5.91 Å². The zero-order chi connectivity index (χ0) is 12.1. The van der Waals surface area contributed by atoms with Crippen molar-refractivity contribution in [3.8, 4) is 5.75 Å². The van der Waals surface area contributed by atoms with E-state index in [1.165, 1.54) is 6.92 Å². The predicted molar refractivity (Wildman–Crippen MR) is 56.5 cm³/mol. The second-order valence-electron chi connectivity index (χ2n) is 3.44. The molecule has 16 heavy (non-hydrogen) atoms. The summed E-state index contributed by atoms with van der Waals surface area (Å²) in [4.78, 5) is 26.1. The number of hydrogen-bond donors (Lipinski definition) is 2. The highest BCUT2D eigenvalue weighted by atomic mass is 16.7. The Kier molecular flexibility index (Phi) is 3.88. The third-order valence-corrected chi connectivity index (χ3v) is 1.88. The van der Waals surface area contributed by atoms with Crippen LogP contribution in [0.2, 0.25) is 0 Å². The number of carbonyl (C=O) groups excluding carboxylic acids is 2. The fraction of sp³-hybridized carbons (Fsp3) is 0.273. The van der Waals surface area contributed by atoms with Crippen LogP contribution in [0.5, 0.6) is 5.75 Å². The molecule has 0 bridgehead atoms. The Balaban J connectivity index is 2.59. The number of phenols is 1. The lowest BCUT2D eigenvalue weighted by atomic mass is 10.1. The van der Waals surface area contributed by atoms with Crippen LogP contribution in [-0.4, -0.2) is 17.0 Å². The zero-order valence-corrected chi connectivity index (χ0v) is 9.11. The lowest BCUT2D eigenvalue weighted by Gasteiger charge is -2.05. The highest BCUT2D eigenvalue weighted by Gasteiger charge is 2.09. The van der Waals surface area contributed by atoms with Gasteiger partial charge in [0.25, 0.3) is 0 Å². The highest BCUT2D eigenvalue weighted by molar-refractivity contribution is 5.77. The molecule has 0 heterocycles. The van der Waals surface area contributed by atoms with Gasteiger partial charge in [-0.1, -0.05) is 12.1 Å². The molecule has 86 valence electrons. The lowest BCUT2D eigenvalue weighted by molar-refractivity contribution is -0.156. The summed E-state index contributed by atoms with van der Waals surface area (Å²) in [5, 5.41) is 9.52. The Morgan fingerprint density at radius 1 is 1.44 bits per heavy atom. The van der Waals surface area contributed by atoms with Gasteiger partial charge in [0.15, 0.2) is 0 Å². The number of benzene rings is 1. The molecule has 1 amide bonds. The average Bonchev–Trinajstić information content (AvgIpc) is 2.19. The van der Waals surface area contributed by atoms with E-state index in [4.69, 9.17) is 0 Å². The summed E-state index contributed by atoms with van der Waals surface area (Å²) in [6.07, 6.45) is -0.0909. The molecule has 1 aromatic rings. The second-order valence-corrected chi connectivity index (χ2v) is 3.44. The molecule has 0 saturated carbocycles. The van der Waals surface area contributed by atoms with Gasteiger partial charge in [-0.05, 0) is 18.6 Å². The van der Waals surface area contributed by atoms with Crippen molar-refractivity contribution in [3.05, 3.63) is 29.3 Å². The minimum Gasteiger partial charge on any atom is -0.508 e. The number of phenolic OH excluding ortho intramolecular Hbond substituents is 1. The molecule has 0 radical (unpaired) electrons. The molecule has 0 atom stereocenters. The summed E-state index contributed by atoms with van der Waals surface area (Å²) in [5.74, 6) is -1.05. The number of nitrogens with one attached hydrogen (secondary N) is 1. The molecule has 0 aromatic heterocycles. The van der Waals surface area contributed by atoms with Crippen LogP contribution in [0.25, 0.3) is 0 Å². The van der Waals surface area contributed by atoms with Gasteiger partial charge in [0, 0.05) is 12.5 Å². The van der Waals surface area contributed by atoms with Crippen LogP contribution in [0.3, 0.4) is 0 Å². The fourth-order valence-electron chi connectivity index (χ4n) is 1.14. The monoisotopic (exact) mass is 223 g/mol. The van der Waals surface area contributed by atoms with Crippen LogP contribution in [0.1, 0.15) is 18.1 Å². The summed E-state index contributed by atoms with van der Waals surface area (Å²) in [6, 6.07) is 4.97. The lowest BCUT2D eigenvalue weighted by Crippen LogP contribution is -2.25. The second kappa shape index (κ2) is 5.16. The van der Waals surface area contributed by atoms with Crippen molar-refractivity contribution in [2.45, 2.75) is 20.3 Å². The van der Waals surface area contributed by atoms with Gasteiger partial charge in [-0.15, -0.1) is 0 Å². The third-order valence-electron chi connectivity index (χ3n) is 1.88. The first-order chi connectivity index (χ1) is 7.49. The van der Waals surface area contributed by atoms with Crippen molar-refractivity contribution in [2.24, 2.45) is 0 Å². The first-order valence-corrected chi connectivity index (χ1v) is 4.74. The molecule has 1 rings (SSSR count). The maximum Gasteiger partial charge on any atom is 0.336 e. The molecular formula is C11H13NO4. The molecule has 0 fully saturated rings. The molecule has 0 saturated heterocycles. The summed E-state index contributed by atoms with van der Waals surface area (Å²) >= 11 is 0. The summed E-state index contributed by atoms with van der Waals surface area (Å²) in [6.45, 7) is 3.07. The van der Waals surface area contributed by atoms with Gasteiger partial charge in [-0.3, -0.25) is 4.79 Å². The number of hydrogen-bond acceptors (Lipinski definition) is 4. The van der Waals surface area contributed by atoms with Crippen LogP contribution >= 0.6 is 0 Å². The molecule has 5 heteroatoms. The van der Waals surface area contributed by atoms with Crippen LogP contribution in [0.4, 0.5) is 0 Å². The minimum absolute atomic E-state index is 0.0415. The van der Waals surface area contributed by atoms with Gasteiger partial charge in [0.1, 0.15) is 5.75 Å². The first-order valence-electron chi connectivity index (χ1n) is 4.74. The molecule has 0 spiro atoms. The number of aryl methyl sites for hydroxylation is 1. The number of amides is 1. The maximum atomic E-state index is 11.2. The van der Waals surface area contributed by atoms with E-state index in [0.29, 0.717) is 5.56 Å². The average molecular weight is 223 g/mol. The van der Waals surface area contributed by atoms with Crippen LogP contribution in [-0.2, 0) is 20.8 Å². The quantitative estimate of drug-likeness (QED) is 0.728. The number of carbonyl (C=O) groups is 2. The third kappa shape index (κ3) is 3.61. The molecule has 1 aromatic carbocycles. The Morgan fingerprint density at radius 3 is 2.69 bits per heavy atom. The van der Waals surface area contributed by atoms with E-state index in [1.807, 2.05) is 12.4 Å². The summed E-state index contributed by atoms with van der Waals surface area (Å²) < 4.78 is 0. The normalized spacial score (nSPS) is 9.62. The van der Waals surface area contributed by atoms with Gasteiger partial charge in [-0.2, -0.15) is 5.48 Å². The van der Waals surface area contributed by atoms with Crippen molar-refractivity contribution in [1.82, 2.24) is 5.48 Å². The zero-order valence-electron chi connectivity index (χ0n) is 9.11. The predicted octanol–water partition coefficient (Wildman–Crippen LogP) is 0.837. The van der Waals surface area contributed by atoms with E-state index in [0.717, 1.165) is 5.56 Å². The summed E-state index contributed by atoms with van der Waals surface area (Å²) in [5.41, 5.74) is 3.29. The Bertz CT molecular complexity index is 414. The fourth-order valence-corrected chi connectivity index (χ4v) is 1.14. The number of aromatic hydroxyl groups is 1. The topological polar surface area (TPSA) is 75.6 Å². The molecule has 0 aliphatic rings. The Hall–Kier alpha value is -2.04. The molecule has 0 aliphatic heterocycles. The van der Waals surface area contributed by atoms with E-state index in [9.17, 15) is 14.7 Å². The standard InChI is InChI=1S/C11H13NO4/c1-7-3-4-9(10(14)5-7)6-11(15)16-12-8(2)13/h3-5,14H,6H2,1-2H3,(H,12,13). The highest BCUT2D eigenvalue weighted by Crippen LogP contribution is 2.18. The van der Waals surface area contributed by atoms with Gasteiger partial charge in [-0.25, -0.2) is 4.79 Å². The van der Waals surface area contributed by atoms with E-state index in [-0.39, 0.29) is 12.2 Å². The number of rotatable bonds is 2. The largest absolute Gasteiger partial charge is 0.508 e. The van der Waals surface area contributed by atoms with Gasteiger partial charge < -0.3 is 9.94 Å². The smallest absolute Gasteiger partial charge is 0.336 e. The molecule has 5 nitrogen and oxygen atoms in total. The first kappa shape index (κ1) is 12.0. The van der Waals surface area contributed by atoms with Crippen LogP contribution < -0.4 is 5.48 Å². The van der Waals surface area contributed by atoms with E-state index < -0.39 is 11.9 Å². The number of hydroxylamine groups is 1. The molecule has 0 aliphatic carbocycles. The maximum absolute atomic E-state index is 11.2. The van der Waals surface area contributed by atoms with Crippen molar-refractivity contribution < 1.29 is 19.5 Å². The molecule has 2 N–H and O–H groups in total. The summed E-state index contributed by atoms with van der Waals surface area (Å²) in [7, 11) is 0. The van der Waals surface area contributed by atoms with E-state index in [2.05, 4.69) is 4.84 Å². The SMILES string of the molecule is CC(=O)NOC(=O)Cc1ccc(C)cc1O. The van der Waals surface area contributed by atoms with Crippen molar-refractivity contribution in [3.63, 3.8) is 0 Å². The minimum atomic E-state index is -0.630. The van der Waals surface area contributed by atoms with Crippen molar-refractivity contribution >= 4 is 11.9 Å².